The maximum absolute atomic E-state index is 12.2. The number of cyclic esters (lactones) is 1. The molecule has 0 atom stereocenters. The van der Waals surface area contributed by atoms with Gasteiger partial charge in [-0.1, -0.05) is 6.07 Å². The predicted molar refractivity (Wildman–Crippen MR) is 84.1 cm³/mol. The van der Waals surface area contributed by atoms with Gasteiger partial charge in [0.2, 0.25) is 6.79 Å². The van der Waals surface area contributed by atoms with Crippen LogP contribution in [0.3, 0.4) is 0 Å². The second kappa shape index (κ2) is 4.61. The minimum atomic E-state index is -0.389. The molecule has 0 unspecified atom stereocenters. The summed E-state index contributed by atoms with van der Waals surface area (Å²) in [6.07, 6.45) is 0. The summed E-state index contributed by atoms with van der Waals surface area (Å²) in [4.78, 5) is 16.7. The van der Waals surface area contributed by atoms with Gasteiger partial charge in [0.1, 0.15) is 12.4 Å². The highest BCUT2D eigenvalue weighted by atomic mass is 16.7. The normalized spacial score (nSPS) is 14.8. The van der Waals surface area contributed by atoms with Crippen molar-refractivity contribution in [1.29, 1.82) is 0 Å². The van der Waals surface area contributed by atoms with Gasteiger partial charge < -0.3 is 19.3 Å². The summed E-state index contributed by atoms with van der Waals surface area (Å²) in [5, 5.41) is 10.5. The minimum absolute atomic E-state index is 0.122. The molecule has 2 aliphatic rings. The average Bonchev–Trinajstić information content (AvgIpc) is 3.19. The van der Waals surface area contributed by atoms with E-state index in [4.69, 9.17) is 14.2 Å². The Kier molecular flexibility index (Phi) is 2.53. The number of hydrogen-bond acceptors (Lipinski definition) is 6. The van der Waals surface area contributed by atoms with E-state index in [1.54, 1.807) is 18.2 Å². The fraction of sp³-hybridized carbons (Fsp3) is 0.111. The van der Waals surface area contributed by atoms with Gasteiger partial charge in [-0.2, -0.15) is 0 Å². The van der Waals surface area contributed by atoms with Crippen molar-refractivity contribution in [2.45, 2.75) is 6.61 Å². The Morgan fingerprint density at radius 2 is 1.83 bits per heavy atom. The van der Waals surface area contributed by atoms with Gasteiger partial charge in [-0.05, 0) is 29.8 Å². The van der Waals surface area contributed by atoms with Crippen molar-refractivity contribution in [3.63, 3.8) is 0 Å². The zero-order valence-corrected chi connectivity index (χ0v) is 12.4. The Bertz CT molecular complexity index is 1030. The summed E-state index contributed by atoms with van der Waals surface area (Å²) in [6, 6.07) is 10.4. The van der Waals surface area contributed by atoms with Gasteiger partial charge in [0.15, 0.2) is 11.5 Å². The highest BCUT2D eigenvalue weighted by Gasteiger charge is 2.29. The van der Waals surface area contributed by atoms with Crippen LogP contribution in [0.1, 0.15) is 16.1 Å². The van der Waals surface area contributed by atoms with Gasteiger partial charge in [-0.25, -0.2) is 9.78 Å². The van der Waals surface area contributed by atoms with Gasteiger partial charge >= 0.3 is 5.97 Å². The van der Waals surface area contributed by atoms with E-state index >= 15 is 0 Å². The molecule has 5 rings (SSSR count). The third-order valence-corrected chi connectivity index (χ3v) is 4.25. The molecule has 0 saturated carbocycles. The van der Waals surface area contributed by atoms with Crippen LogP contribution in [-0.2, 0) is 11.3 Å². The number of hydrogen-bond donors (Lipinski definition) is 1. The standard InChI is InChI=1S/C18H11NO5/c20-10-2-3-11-12(6-10)19-13-7-22-18(21)17(13)16(11)9-1-4-14-15(5-9)24-8-23-14/h1-6,20H,7-8H2. The van der Waals surface area contributed by atoms with Crippen molar-refractivity contribution in [3.05, 3.63) is 47.7 Å². The summed E-state index contributed by atoms with van der Waals surface area (Å²) in [7, 11) is 0. The molecule has 24 heavy (non-hydrogen) atoms. The van der Waals surface area contributed by atoms with E-state index < -0.39 is 0 Å². The Morgan fingerprint density at radius 1 is 0.958 bits per heavy atom. The van der Waals surface area contributed by atoms with Crippen molar-refractivity contribution in [2.75, 3.05) is 6.79 Å². The number of aromatic hydroxyl groups is 1. The SMILES string of the molecule is O=C1OCc2nc3cc(O)ccc3c(-c3ccc4c(c3)OCO4)c21. The molecule has 3 aromatic rings. The number of phenolic OH excluding ortho intramolecular Hbond substituents is 1. The second-order valence-corrected chi connectivity index (χ2v) is 5.65. The molecule has 0 fully saturated rings. The van der Waals surface area contributed by atoms with E-state index in [0.717, 1.165) is 16.5 Å². The molecular formula is C18H11NO5. The van der Waals surface area contributed by atoms with Gasteiger partial charge in [0.25, 0.3) is 0 Å². The summed E-state index contributed by atoms with van der Waals surface area (Å²) in [5.74, 6) is 1.04. The second-order valence-electron chi connectivity index (χ2n) is 5.65. The van der Waals surface area contributed by atoms with Crippen LogP contribution in [-0.4, -0.2) is 22.9 Å². The number of carbonyl (C=O) groups is 1. The molecule has 0 radical (unpaired) electrons. The van der Waals surface area contributed by atoms with Crippen LogP contribution in [0.15, 0.2) is 36.4 Å². The van der Waals surface area contributed by atoms with Crippen molar-refractivity contribution < 1.29 is 24.1 Å². The van der Waals surface area contributed by atoms with Gasteiger partial charge in [0, 0.05) is 17.0 Å². The number of ether oxygens (including phenoxy) is 3. The molecule has 3 heterocycles. The first-order valence-corrected chi connectivity index (χ1v) is 7.43. The molecule has 6 heteroatoms. The number of carbonyl (C=O) groups excluding carboxylic acids is 1. The lowest BCUT2D eigenvalue weighted by Crippen LogP contribution is -2.00. The maximum atomic E-state index is 12.2. The van der Waals surface area contributed by atoms with Crippen molar-refractivity contribution in [2.24, 2.45) is 0 Å². The fourth-order valence-electron chi connectivity index (χ4n) is 3.19. The van der Waals surface area contributed by atoms with Gasteiger partial charge in [-0.3, -0.25) is 0 Å². The molecule has 6 nitrogen and oxygen atoms in total. The summed E-state index contributed by atoms with van der Waals surface area (Å²) < 4.78 is 16.0. The molecule has 0 bridgehead atoms. The highest BCUT2D eigenvalue weighted by Crippen LogP contribution is 2.41. The van der Waals surface area contributed by atoms with E-state index in [9.17, 15) is 9.90 Å². The lowest BCUT2D eigenvalue weighted by molar-refractivity contribution is 0.0534. The first-order valence-electron chi connectivity index (χ1n) is 7.43. The van der Waals surface area contributed by atoms with Crippen molar-refractivity contribution in [3.8, 4) is 28.4 Å². The predicted octanol–water partition coefficient (Wildman–Crippen LogP) is 3.01. The molecule has 1 N–H and O–H groups in total. The lowest BCUT2D eigenvalue weighted by Gasteiger charge is -2.11. The number of rotatable bonds is 1. The number of esters is 1. The smallest absolute Gasteiger partial charge is 0.341 e. The summed E-state index contributed by atoms with van der Waals surface area (Å²) in [5.41, 5.74) is 3.20. The fourth-order valence-corrected chi connectivity index (χ4v) is 3.19. The number of aromatic nitrogens is 1. The third kappa shape index (κ3) is 1.76. The average molecular weight is 321 g/mol. The van der Waals surface area contributed by atoms with Crippen LogP contribution in [0.25, 0.3) is 22.0 Å². The van der Waals surface area contributed by atoms with Crippen LogP contribution in [0.4, 0.5) is 0 Å². The molecule has 2 aromatic carbocycles. The molecule has 118 valence electrons. The molecule has 1 aromatic heterocycles. The maximum Gasteiger partial charge on any atom is 0.341 e. The Labute approximate surface area is 136 Å². The number of nitrogens with zero attached hydrogens (tertiary/aromatic N) is 1. The van der Waals surface area contributed by atoms with Crippen LogP contribution in [0.5, 0.6) is 17.2 Å². The van der Waals surface area contributed by atoms with Crippen LogP contribution in [0.2, 0.25) is 0 Å². The van der Waals surface area contributed by atoms with E-state index in [0.29, 0.717) is 28.3 Å². The van der Waals surface area contributed by atoms with Gasteiger partial charge in [0.05, 0.1) is 16.8 Å². The van der Waals surface area contributed by atoms with E-state index in [-0.39, 0.29) is 25.1 Å². The zero-order chi connectivity index (χ0) is 16.3. The molecular weight excluding hydrogens is 310 g/mol. The number of fused-ring (bicyclic) bond motifs is 3. The van der Waals surface area contributed by atoms with Crippen LogP contribution < -0.4 is 9.47 Å². The topological polar surface area (TPSA) is 77.9 Å². The van der Waals surface area contributed by atoms with Crippen LogP contribution in [0, 0.1) is 0 Å². The number of phenols is 1. The quantitative estimate of drug-likeness (QED) is 0.694. The Hall–Kier alpha value is -3.28. The van der Waals surface area contributed by atoms with Crippen molar-refractivity contribution in [1.82, 2.24) is 4.98 Å². The molecule has 2 aliphatic heterocycles. The Balaban J connectivity index is 1.86. The molecule has 0 amide bonds. The van der Waals surface area contributed by atoms with Gasteiger partial charge in [-0.15, -0.1) is 0 Å². The van der Waals surface area contributed by atoms with E-state index in [1.807, 2.05) is 18.2 Å². The molecule has 0 spiro atoms. The molecule has 0 aliphatic carbocycles. The highest BCUT2D eigenvalue weighted by molar-refractivity contribution is 6.09. The number of benzene rings is 2. The van der Waals surface area contributed by atoms with Crippen LogP contribution >= 0.6 is 0 Å². The lowest BCUT2D eigenvalue weighted by atomic mass is 9.94. The minimum Gasteiger partial charge on any atom is -0.508 e. The third-order valence-electron chi connectivity index (χ3n) is 4.25. The first-order chi connectivity index (χ1) is 11.7. The molecule has 0 saturated heterocycles. The first kappa shape index (κ1) is 13.2. The van der Waals surface area contributed by atoms with E-state index in [2.05, 4.69) is 4.98 Å². The zero-order valence-electron chi connectivity index (χ0n) is 12.4. The van der Waals surface area contributed by atoms with Crippen molar-refractivity contribution >= 4 is 16.9 Å². The Morgan fingerprint density at radius 3 is 2.75 bits per heavy atom. The largest absolute Gasteiger partial charge is 0.508 e. The van der Waals surface area contributed by atoms with E-state index in [1.165, 1.54) is 0 Å². The summed E-state index contributed by atoms with van der Waals surface area (Å²) in [6.45, 7) is 0.321. The number of pyridine rings is 1. The monoisotopic (exact) mass is 321 g/mol. The summed E-state index contributed by atoms with van der Waals surface area (Å²) >= 11 is 0.